The Bertz CT molecular complexity index is 793. The van der Waals surface area contributed by atoms with E-state index in [4.69, 9.17) is 17.0 Å². The van der Waals surface area contributed by atoms with Crippen LogP contribution >= 0.6 is 12.2 Å². The Balaban J connectivity index is 2.07. The lowest BCUT2D eigenvalue weighted by Gasteiger charge is -2.14. The van der Waals surface area contributed by atoms with Crippen LogP contribution in [0, 0.1) is 5.82 Å². The number of nitrogens with one attached hydrogen (secondary N) is 2. The third-order valence-corrected chi connectivity index (χ3v) is 3.24. The summed E-state index contributed by atoms with van der Waals surface area (Å²) in [6.45, 7) is 0. The molecule has 0 fully saturated rings. The number of ether oxygens (including phenoxy) is 1. The van der Waals surface area contributed by atoms with Gasteiger partial charge in [0.15, 0.2) is 5.11 Å². The molecule has 0 saturated carbocycles. The van der Waals surface area contributed by atoms with Crippen LogP contribution < -0.4 is 15.5 Å². The molecule has 0 aliphatic rings. The van der Waals surface area contributed by atoms with Gasteiger partial charge in [0.25, 0.3) is 0 Å². The van der Waals surface area contributed by atoms with E-state index in [0.29, 0.717) is 17.4 Å². The average Bonchev–Trinajstić information content (AvgIpc) is 2.56. The molecule has 4 nitrogen and oxygen atoms in total. The number of methoxy groups -OCH3 is 1. The van der Waals surface area contributed by atoms with Gasteiger partial charge in [-0.2, -0.15) is 18.3 Å². The van der Waals surface area contributed by atoms with Gasteiger partial charge in [-0.3, -0.25) is 5.43 Å². The largest absolute Gasteiger partial charge is 0.496 e. The highest BCUT2D eigenvalue weighted by atomic mass is 32.1. The highest BCUT2D eigenvalue weighted by molar-refractivity contribution is 7.80. The summed E-state index contributed by atoms with van der Waals surface area (Å²) >= 11 is 4.90. The summed E-state index contributed by atoms with van der Waals surface area (Å²) in [5.74, 6) is -0.421. The monoisotopic (exact) mass is 371 g/mol. The smallest absolute Gasteiger partial charge is 0.418 e. The summed E-state index contributed by atoms with van der Waals surface area (Å²) in [4.78, 5) is 0. The summed E-state index contributed by atoms with van der Waals surface area (Å²) in [6, 6.07) is 9.27. The minimum Gasteiger partial charge on any atom is -0.496 e. The molecular weight excluding hydrogens is 358 g/mol. The molecule has 2 aromatic rings. The predicted octanol–water partition coefficient (Wildman–Crippen LogP) is 4.17. The summed E-state index contributed by atoms with van der Waals surface area (Å²) in [6.07, 6.45) is -3.32. The van der Waals surface area contributed by atoms with Crippen molar-refractivity contribution >= 4 is 29.2 Å². The minimum atomic E-state index is -4.72. The molecular formula is C16H13F4N3OS. The molecule has 2 aromatic carbocycles. The highest BCUT2D eigenvalue weighted by Crippen LogP contribution is 2.35. The van der Waals surface area contributed by atoms with Gasteiger partial charge < -0.3 is 10.1 Å². The molecule has 0 bridgehead atoms. The van der Waals surface area contributed by atoms with E-state index in [0.717, 1.165) is 12.1 Å². The topological polar surface area (TPSA) is 45.6 Å². The number of halogens is 4. The van der Waals surface area contributed by atoms with Crippen molar-refractivity contribution in [1.82, 2.24) is 5.43 Å². The normalized spacial score (nSPS) is 11.4. The fourth-order valence-corrected chi connectivity index (χ4v) is 2.11. The standard InChI is InChI=1S/C16H13F4N3OS/c1-24-14-5-3-2-4-10(14)9-21-23-15(25)22-13-7-6-11(17)8-12(13)16(18,19)20/h2-9H,1H3,(H2,22,23,25). The molecule has 0 amide bonds. The summed E-state index contributed by atoms with van der Waals surface area (Å²) in [5.41, 5.74) is 1.51. The van der Waals surface area contributed by atoms with E-state index in [1.807, 2.05) is 0 Å². The maximum Gasteiger partial charge on any atom is 0.418 e. The van der Waals surface area contributed by atoms with E-state index in [-0.39, 0.29) is 10.8 Å². The number of benzene rings is 2. The molecule has 0 radical (unpaired) electrons. The third kappa shape index (κ3) is 5.15. The van der Waals surface area contributed by atoms with Crippen molar-refractivity contribution in [3.63, 3.8) is 0 Å². The lowest BCUT2D eigenvalue weighted by Crippen LogP contribution is -2.25. The van der Waals surface area contributed by atoms with Crippen LogP contribution in [-0.2, 0) is 6.18 Å². The maximum absolute atomic E-state index is 13.1. The lowest BCUT2D eigenvalue weighted by atomic mass is 10.1. The Morgan fingerprint density at radius 1 is 1.20 bits per heavy atom. The van der Waals surface area contributed by atoms with Crippen molar-refractivity contribution in [2.24, 2.45) is 5.10 Å². The summed E-state index contributed by atoms with van der Waals surface area (Å²) in [5, 5.41) is 6.01. The number of rotatable bonds is 4. The third-order valence-electron chi connectivity index (χ3n) is 3.04. The van der Waals surface area contributed by atoms with Crippen LogP contribution in [0.15, 0.2) is 47.6 Å². The van der Waals surface area contributed by atoms with Gasteiger partial charge in [-0.05, 0) is 42.5 Å². The summed E-state index contributed by atoms with van der Waals surface area (Å²) in [7, 11) is 1.50. The fraction of sp³-hybridized carbons (Fsp3) is 0.125. The Labute approximate surface area is 146 Å². The zero-order valence-corrected chi connectivity index (χ0v) is 13.7. The van der Waals surface area contributed by atoms with Gasteiger partial charge >= 0.3 is 6.18 Å². The van der Waals surface area contributed by atoms with Crippen LogP contribution in [0.1, 0.15) is 11.1 Å². The number of anilines is 1. The first-order valence-corrected chi connectivity index (χ1v) is 7.32. The number of nitrogens with zero attached hydrogens (tertiary/aromatic N) is 1. The van der Waals surface area contributed by atoms with E-state index >= 15 is 0 Å². The number of alkyl halides is 3. The van der Waals surface area contributed by atoms with Crippen molar-refractivity contribution in [3.05, 3.63) is 59.4 Å². The molecule has 0 saturated heterocycles. The van der Waals surface area contributed by atoms with Crippen molar-refractivity contribution in [2.45, 2.75) is 6.18 Å². The first-order chi connectivity index (χ1) is 11.8. The number of hydrogen-bond donors (Lipinski definition) is 2. The van der Waals surface area contributed by atoms with Gasteiger partial charge in [-0.1, -0.05) is 12.1 Å². The number of thiocarbonyl (C=S) groups is 1. The molecule has 25 heavy (non-hydrogen) atoms. The van der Waals surface area contributed by atoms with E-state index in [9.17, 15) is 17.6 Å². The van der Waals surface area contributed by atoms with E-state index in [1.54, 1.807) is 24.3 Å². The molecule has 2 N–H and O–H groups in total. The molecule has 0 aromatic heterocycles. The second-order valence-electron chi connectivity index (χ2n) is 4.75. The van der Waals surface area contributed by atoms with Gasteiger partial charge in [-0.15, -0.1) is 0 Å². The van der Waals surface area contributed by atoms with Crippen LogP contribution in [0.5, 0.6) is 5.75 Å². The van der Waals surface area contributed by atoms with Crippen LogP contribution in [0.3, 0.4) is 0 Å². The van der Waals surface area contributed by atoms with Gasteiger partial charge in [-0.25, -0.2) is 4.39 Å². The van der Waals surface area contributed by atoms with Gasteiger partial charge in [0, 0.05) is 5.56 Å². The number of para-hydroxylation sites is 1. The SMILES string of the molecule is COc1ccccc1C=NNC(=S)Nc1ccc(F)cc1C(F)(F)F. The molecule has 0 aliphatic carbocycles. The first-order valence-electron chi connectivity index (χ1n) is 6.91. The minimum absolute atomic E-state index is 0.178. The van der Waals surface area contributed by atoms with E-state index in [2.05, 4.69) is 15.8 Å². The van der Waals surface area contributed by atoms with Gasteiger partial charge in [0.2, 0.25) is 0 Å². The van der Waals surface area contributed by atoms with Crippen molar-refractivity contribution in [2.75, 3.05) is 12.4 Å². The van der Waals surface area contributed by atoms with E-state index < -0.39 is 17.6 Å². The lowest BCUT2D eigenvalue weighted by molar-refractivity contribution is -0.137. The van der Waals surface area contributed by atoms with Crippen molar-refractivity contribution in [1.29, 1.82) is 0 Å². The quantitative estimate of drug-likeness (QED) is 0.366. The highest BCUT2D eigenvalue weighted by Gasteiger charge is 2.34. The first kappa shape index (κ1) is 18.7. The fourth-order valence-electron chi connectivity index (χ4n) is 1.94. The Morgan fingerprint density at radius 3 is 2.60 bits per heavy atom. The number of hydrogen-bond acceptors (Lipinski definition) is 3. The zero-order valence-electron chi connectivity index (χ0n) is 12.9. The molecule has 0 spiro atoms. The van der Waals surface area contributed by atoms with Crippen LogP contribution in [0.25, 0.3) is 0 Å². The van der Waals surface area contributed by atoms with Crippen LogP contribution in [-0.4, -0.2) is 18.4 Å². The average molecular weight is 371 g/mol. The van der Waals surface area contributed by atoms with Crippen molar-refractivity contribution < 1.29 is 22.3 Å². The molecule has 0 atom stereocenters. The zero-order chi connectivity index (χ0) is 18.4. The molecule has 0 unspecified atom stereocenters. The Hall–Kier alpha value is -2.68. The summed E-state index contributed by atoms with van der Waals surface area (Å²) < 4.78 is 57.0. The predicted molar refractivity (Wildman–Crippen MR) is 91.3 cm³/mol. The molecule has 2 rings (SSSR count). The maximum atomic E-state index is 13.1. The number of hydrazone groups is 1. The molecule has 0 heterocycles. The van der Waals surface area contributed by atoms with Crippen LogP contribution in [0.2, 0.25) is 0 Å². The van der Waals surface area contributed by atoms with Crippen LogP contribution in [0.4, 0.5) is 23.2 Å². The second-order valence-corrected chi connectivity index (χ2v) is 5.16. The second kappa shape index (κ2) is 7.93. The van der Waals surface area contributed by atoms with Gasteiger partial charge in [0.1, 0.15) is 11.6 Å². The Kier molecular flexibility index (Phi) is 5.92. The molecule has 9 heteroatoms. The van der Waals surface area contributed by atoms with Gasteiger partial charge in [0.05, 0.1) is 24.6 Å². The van der Waals surface area contributed by atoms with Crippen molar-refractivity contribution in [3.8, 4) is 5.75 Å². The Morgan fingerprint density at radius 2 is 1.92 bits per heavy atom. The van der Waals surface area contributed by atoms with E-state index in [1.165, 1.54) is 13.3 Å². The molecule has 132 valence electrons. The molecule has 0 aliphatic heterocycles.